The zero-order valence-electron chi connectivity index (χ0n) is 11.8. The molecule has 0 aliphatic carbocycles. The van der Waals surface area contributed by atoms with Crippen LogP contribution in [0.5, 0.6) is 0 Å². The normalized spacial score (nSPS) is 15.8. The van der Waals surface area contributed by atoms with E-state index < -0.39 is 0 Å². The fourth-order valence-electron chi connectivity index (χ4n) is 2.59. The summed E-state index contributed by atoms with van der Waals surface area (Å²) in [6, 6.07) is 0. The summed E-state index contributed by atoms with van der Waals surface area (Å²) in [7, 11) is 1.81. The van der Waals surface area contributed by atoms with Crippen molar-refractivity contribution < 1.29 is 0 Å². The van der Waals surface area contributed by atoms with Crippen molar-refractivity contribution in [1.29, 1.82) is 0 Å². The lowest BCUT2D eigenvalue weighted by molar-refractivity contribution is 0.337. The molecule has 0 aromatic carbocycles. The molecule has 7 nitrogen and oxygen atoms in total. The second-order valence-corrected chi connectivity index (χ2v) is 5.08. The molecule has 0 spiro atoms. The zero-order valence-corrected chi connectivity index (χ0v) is 11.8. The van der Waals surface area contributed by atoms with Crippen molar-refractivity contribution in [3.8, 4) is 0 Å². The maximum absolute atomic E-state index is 4.44. The predicted molar refractivity (Wildman–Crippen MR) is 80.0 cm³/mol. The largest absolute Gasteiger partial charge is 0.368 e. The highest BCUT2D eigenvalue weighted by atomic mass is 15.2. The van der Waals surface area contributed by atoms with Crippen LogP contribution in [0.2, 0.25) is 0 Å². The van der Waals surface area contributed by atoms with Gasteiger partial charge in [0, 0.05) is 13.6 Å². The van der Waals surface area contributed by atoms with Gasteiger partial charge in [-0.1, -0.05) is 0 Å². The molecule has 0 unspecified atom stereocenters. The van der Waals surface area contributed by atoms with Gasteiger partial charge in [0.2, 0.25) is 5.95 Å². The SMILES string of the molecule is CNc1nc(NCCCN2CCCC2)c2[nH]cnc2n1. The highest BCUT2D eigenvalue weighted by Gasteiger charge is 2.11. The molecular formula is C13H21N7. The van der Waals surface area contributed by atoms with E-state index in [1.165, 1.54) is 25.9 Å². The first-order valence-electron chi connectivity index (χ1n) is 7.22. The van der Waals surface area contributed by atoms with Crippen molar-refractivity contribution in [2.24, 2.45) is 0 Å². The summed E-state index contributed by atoms with van der Waals surface area (Å²) < 4.78 is 0. The Bertz CT molecular complexity index is 559. The van der Waals surface area contributed by atoms with Crippen LogP contribution in [0.4, 0.5) is 11.8 Å². The second kappa shape index (κ2) is 6.04. The third kappa shape index (κ3) is 2.82. The summed E-state index contributed by atoms with van der Waals surface area (Å²) >= 11 is 0. The molecule has 0 radical (unpaired) electrons. The van der Waals surface area contributed by atoms with E-state index in [4.69, 9.17) is 0 Å². The van der Waals surface area contributed by atoms with Gasteiger partial charge in [-0.2, -0.15) is 9.97 Å². The molecule has 2 aromatic heterocycles. The lowest BCUT2D eigenvalue weighted by atomic mass is 10.3. The summed E-state index contributed by atoms with van der Waals surface area (Å²) in [6.07, 6.45) is 5.46. The van der Waals surface area contributed by atoms with Gasteiger partial charge in [-0.05, 0) is 38.9 Å². The van der Waals surface area contributed by atoms with E-state index >= 15 is 0 Å². The first kappa shape index (κ1) is 13.1. The molecule has 0 atom stereocenters. The smallest absolute Gasteiger partial charge is 0.226 e. The van der Waals surface area contributed by atoms with E-state index in [9.17, 15) is 0 Å². The zero-order chi connectivity index (χ0) is 13.8. The molecule has 3 heterocycles. The molecule has 3 rings (SSSR count). The monoisotopic (exact) mass is 275 g/mol. The van der Waals surface area contributed by atoms with E-state index in [1.807, 2.05) is 7.05 Å². The van der Waals surface area contributed by atoms with Crippen LogP contribution in [0.15, 0.2) is 6.33 Å². The van der Waals surface area contributed by atoms with Crippen molar-refractivity contribution in [3.05, 3.63) is 6.33 Å². The predicted octanol–water partition coefficient (Wildman–Crippen LogP) is 1.29. The molecule has 1 aliphatic rings. The third-order valence-electron chi connectivity index (χ3n) is 3.65. The minimum absolute atomic E-state index is 0.589. The molecule has 1 aliphatic heterocycles. The van der Waals surface area contributed by atoms with Crippen molar-refractivity contribution in [2.45, 2.75) is 19.3 Å². The number of H-pyrrole nitrogens is 1. The molecule has 0 bridgehead atoms. The summed E-state index contributed by atoms with van der Waals surface area (Å²) in [5.74, 6) is 1.41. The Morgan fingerprint density at radius 1 is 1.30 bits per heavy atom. The van der Waals surface area contributed by atoms with Crippen LogP contribution in [0.1, 0.15) is 19.3 Å². The Morgan fingerprint density at radius 2 is 2.15 bits per heavy atom. The number of anilines is 2. The van der Waals surface area contributed by atoms with Gasteiger partial charge in [-0.15, -0.1) is 0 Å². The number of rotatable bonds is 6. The standard InChI is InChI=1S/C13H21N7/c1-14-13-18-11(10-12(19-13)17-9-16-10)15-5-4-8-20-6-2-3-7-20/h9H,2-8H2,1H3,(H3,14,15,16,17,18,19). The van der Waals surface area contributed by atoms with Gasteiger partial charge in [0.1, 0.15) is 5.52 Å². The number of hydrogen-bond donors (Lipinski definition) is 3. The van der Waals surface area contributed by atoms with Crippen LogP contribution >= 0.6 is 0 Å². The third-order valence-corrected chi connectivity index (χ3v) is 3.65. The van der Waals surface area contributed by atoms with Gasteiger partial charge in [0.05, 0.1) is 6.33 Å². The van der Waals surface area contributed by atoms with E-state index in [1.54, 1.807) is 6.33 Å². The van der Waals surface area contributed by atoms with Crippen LogP contribution in [0.3, 0.4) is 0 Å². The maximum atomic E-state index is 4.44. The van der Waals surface area contributed by atoms with Gasteiger partial charge in [0.15, 0.2) is 11.5 Å². The van der Waals surface area contributed by atoms with Crippen LogP contribution in [-0.2, 0) is 0 Å². The van der Waals surface area contributed by atoms with Crippen LogP contribution in [0.25, 0.3) is 11.2 Å². The number of aromatic nitrogens is 4. The Hall–Kier alpha value is -1.89. The average molecular weight is 275 g/mol. The number of hydrogen-bond acceptors (Lipinski definition) is 6. The molecule has 3 N–H and O–H groups in total. The number of likely N-dealkylation sites (tertiary alicyclic amines) is 1. The highest BCUT2D eigenvalue weighted by Crippen LogP contribution is 2.18. The molecule has 0 amide bonds. The van der Waals surface area contributed by atoms with Crippen LogP contribution in [-0.4, -0.2) is 58.1 Å². The fourth-order valence-corrected chi connectivity index (χ4v) is 2.59. The second-order valence-electron chi connectivity index (χ2n) is 5.08. The van der Waals surface area contributed by atoms with Gasteiger partial charge in [0.25, 0.3) is 0 Å². The number of aromatic amines is 1. The van der Waals surface area contributed by atoms with E-state index in [-0.39, 0.29) is 0 Å². The molecule has 1 fully saturated rings. The summed E-state index contributed by atoms with van der Waals surface area (Å²) in [5, 5.41) is 6.34. The average Bonchev–Trinajstić information content (AvgIpc) is 3.13. The van der Waals surface area contributed by atoms with Crippen LogP contribution < -0.4 is 10.6 Å². The number of fused-ring (bicyclic) bond motifs is 1. The van der Waals surface area contributed by atoms with E-state index in [0.717, 1.165) is 30.8 Å². The molecule has 2 aromatic rings. The van der Waals surface area contributed by atoms with Crippen molar-refractivity contribution in [2.75, 3.05) is 43.9 Å². The summed E-state index contributed by atoms with van der Waals surface area (Å²) in [6.45, 7) is 4.57. The Labute approximate surface area is 118 Å². The van der Waals surface area contributed by atoms with Crippen molar-refractivity contribution >= 4 is 22.9 Å². The minimum Gasteiger partial charge on any atom is -0.368 e. The van der Waals surface area contributed by atoms with E-state index in [2.05, 4.69) is 35.5 Å². The van der Waals surface area contributed by atoms with Gasteiger partial charge in [-0.3, -0.25) is 0 Å². The molecule has 1 saturated heterocycles. The molecule has 108 valence electrons. The number of imidazole rings is 1. The molecule has 0 saturated carbocycles. The Morgan fingerprint density at radius 3 is 2.95 bits per heavy atom. The van der Waals surface area contributed by atoms with Crippen molar-refractivity contribution in [3.63, 3.8) is 0 Å². The van der Waals surface area contributed by atoms with Crippen molar-refractivity contribution in [1.82, 2.24) is 24.8 Å². The minimum atomic E-state index is 0.589. The van der Waals surface area contributed by atoms with Gasteiger partial charge < -0.3 is 20.5 Å². The molecule has 7 heteroatoms. The van der Waals surface area contributed by atoms with Crippen LogP contribution in [0, 0.1) is 0 Å². The number of nitrogens with zero attached hydrogens (tertiary/aromatic N) is 4. The molecular weight excluding hydrogens is 254 g/mol. The van der Waals surface area contributed by atoms with Gasteiger partial charge in [-0.25, -0.2) is 4.98 Å². The van der Waals surface area contributed by atoms with Gasteiger partial charge >= 0.3 is 0 Å². The fraction of sp³-hybridized carbons (Fsp3) is 0.615. The summed E-state index contributed by atoms with van der Waals surface area (Å²) in [4.78, 5) is 18.5. The van der Waals surface area contributed by atoms with E-state index in [0.29, 0.717) is 11.6 Å². The number of nitrogens with one attached hydrogen (secondary N) is 3. The highest BCUT2D eigenvalue weighted by molar-refractivity contribution is 5.83. The lowest BCUT2D eigenvalue weighted by Gasteiger charge is -2.14. The first-order chi connectivity index (χ1) is 9.86. The Balaban J connectivity index is 1.59. The first-order valence-corrected chi connectivity index (χ1v) is 7.22. The summed E-state index contributed by atoms with van der Waals surface area (Å²) in [5.41, 5.74) is 1.55. The quantitative estimate of drug-likeness (QED) is 0.689. The maximum Gasteiger partial charge on any atom is 0.226 e. The lowest BCUT2D eigenvalue weighted by Crippen LogP contribution is -2.22. The molecule has 20 heavy (non-hydrogen) atoms. The Kier molecular flexibility index (Phi) is 3.96. The topological polar surface area (TPSA) is 81.8 Å².